The summed E-state index contributed by atoms with van der Waals surface area (Å²) in [6, 6.07) is 10.8. The normalized spacial score (nSPS) is 30.3. The fraction of sp³-hybridized carbons (Fsp3) is 0.700. The summed E-state index contributed by atoms with van der Waals surface area (Å²) in [6.07, 6.45) is 6.74. The zero-order chi connectivity index (χ0) is 16.3. The van der Waals surface area contributed by atoms with Crippen molar-refractivity contribution in [2.45, 2.75) is 43.8 Å². The first-order chi connectivity index (χ1) is 11.0. The van der Waals surface area contributed by atoms with Crippen molar-refractivity contribution in [2.24, 2.45) is 5.92 Å². The predicted octanol–water partition coefficient (Wildman–Crippen LogP) is 3.58. The molecule has 2 fully saturated rings. The number of rotatable bonds is 4. The lowest BCUT2D eigenvalue weighted by Gasteiger charge is -2.47. The highest BCUT2D eigenvalue weighted by Gasteiger charge is 2.46. The largest absolute Gasteiger partial charge is 0.367 e. The van der Waals surface area contributed by atoms with Gasteiger partial charge in [0.05, 0.1) is 34.4 Å². The number of likely N-dealkylation sites (N-methyl/N-ethyl adjacent to an activating group) is 1. The molecule has 1 aliphatic heterocycles. The summed E-state index contributed by atoms with van der Waals surface area (Å²) in [4.78, 5) is 0. The van der Waals surface area contributed by atoms with Crippen molar-refractivity contribution < 1.29 is 14.0 Å². The van der Waals surface area contributed by atoms with Gasteiger partial charge in [-0.3, -0.25) is 0 Å². The fourth-order valence-electron chi connectivity index (χ4n) is 4.22. The van der Waals surface area contributed by atoms with Gasteiger partial charge in [0.1, 0.15) is 18.2 Å². The van der Waals surface area contributed by atoms with Crippen molar-refractivity contribution in [3.8, 4) is 0 Å². The number of quaternary nitrogens is 1. The summed E-state index contributed by atoms with van der Waals surface area (Å²) in [5.74, 6) is 0.587. The van der Waals surface area contributed by atoms with Gasteiger partial charge in [-0.2, -0.15) is 0 Å². The second-order valence-corrected chi connectivity index (χ2v) is 8.31. The van der Waals surface area contributed by atoms with Gasteiger partial charge in [-0.15, -0.1) is 0 Å². The molecule has 0 spiro atoms. The van der Waals surface area contributed by atoms with E-state index in [0.717, 1.165) is 11.0 Å². The Morgan fingerprint density at radius 2 is 1.74 bits per heavy atom. The topological polar surface area (TPSA) is 18.5 Å². The van der Waals surface area contributed by atoms with Crippen molar-refractivity contribution >= 4 is 0 Å². The summed E-state index contributed by atoms with van der Waals surface area (Å²) in [5.41, 5.74) is 1.07. The van der Waals surface area contributed by atoms with E-state index >= 15 is 0 Å². The predicted molar refractivity (Wildman–Crippen MR) is 93.3 cm³/mol. The van der Waals surface area contributed by atoms with Crippen LogP contribution in [0.3, 0.4) is 0 Å². The Labute approximate surface area is 141 Å². The van der Waals surface area contributed by atoms with Crippen molar-refractivity contribution in [1.29, 1.82) is 0 Å². The van der Waals surface area contributed by atoms with Crippen LogP contribution in [0.25, 0.3) is 0 Å². The second kappa shape index (κ2) is 6.92. The molecule has 1 saturated carbocycles. The molecule has 1 aromatic rings. The Kier molecular flexibility index (Phi) is 5.10. The monoisotopic (exact) mass is 318 g/mol. The number of nitrogens with zero attached hydrogens (tertiary/aromatic N) is 1. The third-order valence-corrected chi connectivity index (χ3v) is 5.34. The quantitative estimate of drug-likeness (QED) is 0.790. The SMILES string of the molecule is C[N+](C)(C)C[C@@H]1CO[C@@](c2ccccc2)(C2CCCCC2)CO1. The van der Waals surface area contributed by atoms with Crippen molar-refractivity contribution in [3.63, 3.8) is 0 Å². The fourth-order valence-corrected chi connectivity index (χ4v) is 4.22. The molecule has 3 nitrogen and oxygen atoms in total. The molecule has 1 aromatic carbocycles. The van der Waals surface area contributed by atoms with E-state index in [-0.39, 0.29) is 11.7 Å². The summed E-state index contributed by atoms with van der Waals surface area (Å²) < 4.78 is 13.9. The van der Waals surface area contributed by atoms with E-state index in [1.165, 1.54) is 37.7 Å². The van der Waals surface area contributed by atoms with Gasteiger partial charge >= 0.3 is 0 Å². The van der Waals surface area contributed by atoms with E-state index in [0.29, 0.717) is 19.1 Å². The molecule has 128 valence electrons. The molecule has 3 heteroatoms. The highest BCUT2D eigenvalue weighted by Crippen LogP contribution is 2.44. The van der Waals surface area contributed by atoms with Gasteiger partial charge in [-0.25, -0.2) is 0 Å². The molecule has 2 atom stereocenters. The van der Waals surface area contributed by atoms with Crippen molar-refractivity contribution in [1.82, 2.24) is 0 Å². The molecule has 0 N–H and O–H groups in total. The third kappa shape index (κ3) is 3.96. The molecule has 3 rings (SSSR count). The average molecular weight is 318 g/mol. The van der Waals surface area contributed by atoms with Crippen LogP contribution in [0, 0.1) is 5.92 Å². The molecular formula is C20H32NO2+. The first-order valence-electron chi connectivity index (χ1n) is 9.11. The van der Waals surface area contributed by atoms with Crippen LogP contribution in [0.2, 0.25) is 0 Å². The Morgan fingerprint density at radius 1 is 1.04 bits per heavy atom. The van der Waals surface area contributed by atoms with Gasteiger partial charge in [0.25, 0.3) is 0 Å². The van der Waals surface area contributed by atoms with Crippen LogP contribution in [0.1, 0.15) is 37.7 Å². The van der Waals surface area contributed by atoms with Crippen LogP contribution in [0.5, 0.6) is 0 Å². The van der Waals surface area contributed by atoms with E-state index < -0.39 is 0 Å². The van der Waals surface area contributed by atoms with Crippen LogP contribution >= 0.6 is 0 Å². The maximum absolute atomic E-state index is 6.61. The third-order valence-electron chi connectivity index (χ3n) is 5.34. The first kappa shape index (κ1) is 16.9. The Balaban J connectivity index is 1.78. The second-order valence-electron chi connectivity index (χ2n) is 8.31. The maximum Gasteiger partial charge on any atom is 0.130 e. The molecule has 0 bridgehead atoms. The Bertz CT molecular complexity index is 480. The van der Waals surface area contributed by atoms with Gasteiger partial charge in [0.15, 0.2) is 0 Å². The molecule has 1 saturated heterocycles. The number of hydrogen-bond acceptors (Lipinski definition) is 2. The minimum absolute atomic E-state index is 0.204. The molecule has 0 unspecified atom stereocenters. The summed E-state index contributed by atoms with van der Waals surface area (Å²) in [5, 5.41) is 0. The zero-order valence-corrected chi connectivity index (χ0v) is 15.0. The minimum Gasteiger partial charge on any atom is -0.367 e. The standard InChI is InChI=1S/C20H32NO2/c1-21(2,3)14-19-15-23-20(16-22-19,17-10-6-4-7-11-17)18-12-8-5-9-13-18/h4,6-7,10-11,18-19H,5,8-9,12-16H2,1-3H3/q+1/t19-,20+/m1/s1. The number of hydrogen-bond donors (Lipinski definition) is 0. The lowest BCUT2D eigenvalue weighted by atomic mass is 9.73. The minimum atomic E-state index is -0.233. The first-order valence-corrected chi connectivity index (χ1v) is 9.11. The van der Waals surface area contributed by atoms with E-state index in [2.05, 4.69) is 51.5 Å². The average Bonchev–Trinajstić information content (AvgIpc) is 2.56. The Hall–Kier alpha value is -0.900. The van der Waals surface area contributed by atoms with Crippen LogP contribution in [0.15, 0.2) is 30.3 Å². The lowest BCUT2D eigenvalue weighted by Crippen LogP contribution is -2.54. The van der Waals surface area contributed by atoms with Crippen molar-refractivity contribution in [3.05, 3.63) is 35.9 Å². The number of benzene rings is 1. The van der Waals surface area contributed by atoms with Crippen LogP contribution in [-0.4, -0.2) is 51.5 Å². The maximum atomic E-state index is 6.61. The lowest BCUT2D eigenvalue weighted by molar-refractivity contribution is -0.874. The highest BCUT2D eigenvalue weighted by atomic mass is 16.6. The van der Waals surface area contributed by atoms with Crippen LogP contribution < -0.4 is 0 Å². The van der Waals surface area contributed by atoms with E-state index in [9.17, 15) is 0 Å². The van der Waals surface area contributed by atoms with Gasteiger partial charge in [0.2, 0.25) is 0 Å². The smallest absolute Gasteiger partial charge is 0.130 e. The van der Waals surface area contributed by atoms with Gasteiger partial charge in [-0.05, 0) is 24.3 Å². The molecule has 1 aliphatic carbocycles. The molecule has 0 aromatic heterocycles. The number of ether oxygens (including phenoxy) is 2. The highest BCUT2D eigenvalue weighted by molar-refractivity contribution is 5.25. The van der Waals surface area contributed by atoms with Gasteiger partial charge < -0.3 is 14.0 Å². The van der Waals surface area contributed by atoms with Crippen LogP contribution in [-0.2, 0) is 15.1 Å². The summed E-state index contributed by atoms with van der Waals surface area (Å²) in [6.45, 7) is 2.41. The van der Waals surface area contributed by atoms with Crippen LogP contribution in [0.4, 0.5) is 0 Å². The zero-order valence-electron chi connectivity index (χ0n) is 15.0. The van der Waals surface area contributed by atoms with Crippen molar-refractivity contribution in [2.75, 3.05) is 40.9 Å². The molecule has 23 heavy (non-hydrogen) atoms. The summed E-state index contributed by atoms with van der Waals surface area (Å²) >= 11 is 0. The molecule has 2 aliphatic rings. The van der Waals surface area contributed by atoms with E-state index in [1.54, 1.807) is 0 Å². The van der Waals surface area contributed by atoms with Gasteiger partial charge in [-0.1, -0.05) is 49.6 Å². The molecule has 0 radical (unpaired) electrons. The van der Waals surface area contributed by atoms with E-state index in [4.69, 9.17) is 9.47 Å². The molecule has 0 amide bonds. The Morgan fingerprint density at radius 3 is 2.30 bits per heavy atom. The van der Waals surface area contributed by atoms with E-state index in [1.807, 2.05) is 0 Å². The molecule has 1 heterocycles. The molecular weight excluding hydrogens is 286 g/mol. The van der Waals surface area contributed by atoms with Gasteiger partial charge in [0, 0.05) is 0 Å². The summed E-state index contributed by atoms with van der Waals surface area (Å²) in [7, 11) is 6.64.